The lowest BCUT2D eigenvalue weighted by atomic mass is 12.0. The fraction of sp³-hybridized carbons (Fsp3) is 1.00. The van der Waals surface area contributed by atoms with Crippen molar-refractivity contribution >= 4 is 24.0 Å². The first-order valence-corrected chi connectivity index (χ1v) is 0. The zero-order chi connectivity index (χ0) is 0. The normalized spacial score (nSPS) is 0. The molecule has 0 fully saturated rings. The molecule has 44 valence electrons. The highest BCUT2D eigenvalue weighted by molar-refractivity contribution is 14.0. The van der Waals surface area contributed by atoms with Crippen LogP contribution in [-0.2, 0) is 0 Å². The van der Waals surface area contributed by atoms with Crippen molar-refractivity contribution in [3.05, 3.63) is 0 Å². The third-order valence-electron chi connectivity index (χ3n) is 0. The average molecular weight is 201 g/mol. The maximum atomic E-state index is 0. The van der Waals surface area contributed by atoms with Gasteiger partial charge in [0.25, 0.3) is 0 Å². The molecule has 0 unspecified atom stereocenters. The molecule has 2 heteroatoms. The molecule has 0 aliphatic heterocycles. The van der Waals surface area contributed by atoms with Crippen LogP contribution in [0.3, 0.4) is 0 Å². The minimum atomic E-state index is 0. The van der Waals surface area contributed by atoms with Crippen LogP contribution in [0.15, 0.2) is 0 Å². The van der Waals surface area contributed by atoms with E-state index in [1.54, 1.807) is 0 Å². The summed E-state index contributed by atoms with van der Waals surface area (Å²) in [6.45, 7) is 0. The number of rotatable bonds is 0. The third-order valence-corrected chi connectivity index (χ3v) is 0. The van der Waals surface area contributed by atoms with Gasteiger partial charge in [0, 0.05) is 2.85 Å². The van der Waals surface area contributed by atoms with Gasteiger partial charge in [-0.2, -0.15) is 0 Å². The fourth-order valence-electron chi connectivity index (χ4n) is 0. The predicted molar refractivity (Wildman–Crippen MR) is 42.3 cm³/mol. The van der Waals surface area contributed by atoms with Gasteiger partial charge in [0.2, 0.25) is 0 Å². The molecule has 0 saturated heterocycles. The molecular formula is C3H18FI. The monoisotopic (exact) mass is 201 g/mol. The van der Waals surface area contributed by atoms with Crippen LogP contribution in [0.1, 0.15) is 25.1 Å². The van der Waals surface area contributed by atoms with Gasteiger partial charge in [-0.15, -0.1) is 24.0 Å². The highest BCUT2D eigenvalue weighted by Crippen LogP contribution is 0.886. The van der Waals surface area contributed by atoms with E-state index in [-0.39, 0.29) is 53.8 Å². The molecule has 5 heavy (non-hydrogen) atoms. The average Bonchev–Trinajstić information content (AvgIpc) is 0. The summed E-state index contributed by atoms with van der Waals surface area (Å²) in [5, 5.41) is 0. The van der Waals surface area contributed by atoms with Crippen molar-refractivity contribution in [2.24, 2.45) is 0 Å². The molecule has 0 saturated carbocycles. The molecule has 0 bridgehead atoms. The highest BCUT2D eigenvalue weighted by atomic mass is 127. The first-order chi connectivity index (χ1) is 0. The summed E-state index contributed by atoms with van der Waals surface area (Å²) < 4.78 is 0. The van der Waals surface area contributed by atoms with Gasteiger partial charge in [-0.25, -0.2) is 0 Å². The summed E-state index contributed by atoms with van der Waals surface area (Å²) in [5.74, 6) is 0. The molecule has 0 aromatic rings. The molecule has 0 aromatic carbocycles. The maximum absolute atomic E-state index is 0. The largest absolute Gasteiger partial charge is 0.269 e. The van der Waals surface area contributed by atoms with Crippen LogP contribution in [0.25, 0.3) is 0 Å². The number of halogens is 2. The lowest BCUT2D eigenvalue weighted by Gasteiger charge is -0.269. The second kappa shape index (κ2) is 143. The molecule has 0 aliphatic carbocycles. The van der Waals surface area contributed by atoms with Gasteiger partial charge in [-0.05, 0) is 0 Å². The van der Waals surface area contributed by atoms with Crippen LogP contribution in [0.2, 0.25) is 0 Å². The Hall–Kier alpha value is 0.660. The zero-order valence-electron chi connectivity index (χ0n) is 0.816. The van der Waals surface area contributed by atoms with E-state index >= 15 is 0 Å². The van der Waals surface area contributed by atoms with E-state index in [1.807, 2.05) is 0 Å². The molecule has 0 rings (SSSR count). The van der Waals surface area contributed by atoms with Crippen molar-refractivity contribution in [1.29, 1.82) is 0 Å². The van der Waals surface area contributed by atoms with Crippen molar-refractivity contribution in [3.63, 3.8) is 0 Å². The standard InChI is InChI=1S/3CH4.FH.HI.2H2/h3*1H4;4*1H/i;;;;;1+1;. The lowest BCUT2D eigenvalue weighted by molar-refractivity contribution is 1.11. The molecule has 0 N–H and O–H groups in total. The molecule has 0 aliphatic rings. The predicted octanol–water partition coefficient (Wildman–Crippen LogP) is 3.17. The minimum absolute atomic E-state index is 0. The smallest absolute Gasteiger partial charge is 0 e. The Morgan fingerprint density at radius 2 is 1.00 bits per heavy atom. The van der Waals surface area contributed by atoms with Crippen molar-refractivity contribution < 1.29 is 7.56 Å². The quantitative estimate of drug-likeness (QED) is 0.528. The molecule has 0 amide bonds. The van der Waals surface area contributed by atoms with Crippen LogP contribution in [-0.4, -0.2) is 0 Å². The van der Waals surface area contributed by atoms with E-state index in [2.05, 4.69) is 0 Å². The van der Waals surface area contributed by atoms with E-state index in [1.165, 1.54) is 0 Å². The van der Waals surface area contributed by atoms with E-state index < -0.39 is 0 Å². The number of hydrogen-bond acceptors (Lipinski definition) is 0. The second-order valence-corrected chi connectivity index (χ2v) is 0. The SMILES string of the molecule is C.C.C.F.I.[2HH].[HH]. The third kappa shape index (κ3) is 75.7. The van der Waals surface area contributed by atoms with Gasteiger partial charge in [0.05, 0.1) is 0 Å². The van der Waals surface area contributed by atoms with Crippen LogP contribution in [0.4, 0.5) is 4.70 Å². The van der Waals surface area contributed by atoms with Crippen molar-refractivity contribution in [2.75, 3.05) is 0 Å². The van der Waals surface area contributed by atoms with Crippen LogP contribution >= 0.6 is 24.0 Å². The molecular weight excluding hydrogens is 182 g/mol. The Morgan fingerprint density at radius 3 is 1.00 bits per heavy atom. The second-order valence-electron chi connectivity index (χ2n) is 0. The Kier molecular flexibility index (Phi) is 8090. The van der Waals surface area contributed by atoms with Crippen molar-refractivity contribution in [1.82, 2.24) is 0 Å². The maximum Gasteiger partial charge on any atom is 0 e. The van der Waals surface area contributed by atoms with Gasteiger partial charge in [-0.1, -0.05) is 22.3 Å². The fourth-order valence-corrected chi connectivity index (χ4v) is 0. The minimum Gasteiger partial charge on any atom is -0.269 e. The first kappa shape index (κ1) is 282. The Labute approximate surface area is 54.3 Å². The highest BCUT2D eigenvalue weighted by Gasteiger charge is -0.0754. The number of hydrogen-bond donors (Lipinski definition) is 0. The Balaban J connectivity index is 0. The van der Waals surface area contributed by atoms with E-state index in [4.69, 9.17) is 0 Å². The van der Waals surface area contributed by atoms with Gasteiger partial charge in [0.1, 0.15) is 0 Å². The molecule has 0 aromatic heterocycles. The van der Waals surface area contributed by atoms with Gasteiger partial charge >= 0.3 is 0 Å². The van der Waals surface area contributed by atoms with Crippen LogP contribution < -0.4 is 0 Å². The molecule has 0 nitrogen and oxygen atoms in total. The molecule has 0 heterocycles. The summed E-state index contributed by atoms with van der Waals surface area (Å²) >= 11 is 0. The Bertz CT molecular complexity index is 12.9. The molecule has 0 atom stereocenters. The zero-order valence-corrected chi connectivity index (χ0v) is 3.15. The van der Waals surface area contributed by atoms with Crippen LogP contribution in [0.5, 0.6) is 0 Å². The van der Waals surface area contributed by atoms with Crippen LogP contribution in [0, 0.1) is 0 Å². The van der Waals surface area contributed by atoms with E-state index in [9.17, 15) is 0 Å². The molecule has 0 radical (unpaired) electrons. The van der Waals surface area contributed by atoms with E-state index in [0.717, 1.165) is 0 Å². The summed E-state index contributed by atoms with van der Waals surface area (Å²) in [6, 6.07) is 0. The van der Waals surface area contributed by atoms with Crippen molar-refractivity contribution in [2.45, 2.75) is 22.3 Å². The summed E-state index contributed by atoms with van der Waals surface area (Å²) in [4.78, 5) is 0. The van der Waals surface area contributed by atoms with Gasteiger partial charge in [0.15, 0.2) is 0 Å². The topological polar surface area (TPSA) is 0 Å². The molecule has 0 spiro atoms. The summed E-state index contributed by atoms with van der Waals surface area (Å²) in [7, 11) is 0. The van der Waals surface area contributed by atoms with Gasteiger partial charge < -0.3 is 0 Å². The summed E-state index contributed by atoms with van der Waals surface area (Å²) in [6.07, 6.45) is 0. The van der Waals surface area contributed by atoms with E-state index in [0.29, 0.717) is 0 Å². The van der Waals surface area contributed by atoms with Gasteiger partial charge in [-0.3, -0.25) is 4.70 Å². The van der Waals surface area contributed by atoms with Crippen molar-refractivity contribution in [3.8, 4) is 0 Å². The summed E-state index contributed by atoms with van der Waals surface area (Å²) in [5.41, 5.74) is 0. The Morgan fingerprint density at radius 1 is 1.00 bits per heavy atom. The lowest BCUT2D eigenvalue weighted by Crippen LogP contribution is 0.143. The first-order valence-electron chi connectivity index (χ1n) is 0.